The predicted molar refractivity (Wildman–Crippen MR) is 110 cm³/mol. The molecule has 0 unspecified atom stereocenters. The summed E-state index contributed by atoms with van der Waals surface area (Å²) in [5.74, 6) is 0.991. The molecule has 9 nitrogen and oxygen atoms in total. The van der Waals surface area contributed by atoms with Gasteiger partial charge < -0.3 is 15.2 Å². The number of nitrogens with zero attached hydrogens (tertiary/aromatic N) is 3. The Morgan fingerprint density at radius 3 is 2.33 bits per heavy atom. The zero-order valence-electron chi connectivity index (χ0n) is 17.4. The number of carbonyl (C=O) groups excluding carboxylic acids is 1. The molecule has 0 radical (unpaired) electrons. The summed E-state index contributed by atoms with van der Waals surface area (Å²) in [7, 11) is -1.53. The molecule has 3 saturated heterocycles. The van der Waals surface area contributed by atoms with E-state index in [0.29, 0.717) is 43.6 Å². The molecule has 0 aromatic carbocycles. The van der Waals surface area contributed by atoms with Crippen LogP contribution in [-0.4, -0.2) is 72.4 Å². The number of rotatable bonds is 6. The van der Waals surface area contributed by atoms with Crippen LogP contribution in [-0.2, 0) is 10.2 Å². The number of nitrogens with one attached hydrogen (secondary N) is 2. The van der Waals surface area contributed by atoms with E-state index in [0.717, 1.165) is 44.3 Å². The summed E-state index contributed by atoms with van der Waals surface area (Å²) in [5.41, 5.74) is 0.326. The fraction of sp³-hybridized carbons (Fsp3) is 0.800. The number of fused-ring (bicyclic) bond motifs is 2. The van der Waals surface area contributed by atoms with Gasteiger partial charge in [0.15, 0.2) is 5.69 Å². The Hall–Kier alpha value is -1.49. The first-order chi connectivity index (χ1) is 14.5. The molecule has 4 fully saturated rings. The minimum absolute atomic E-state index is 0.0300. The van der Waals surface area contributed by atoms with Crippen LogP contribution in [0, 0.1) is 0 Å². The third-order valence-electron chi connectivity index (χ3n) is 7.20. The lowest BCUT2D eigenvalue weighted by Gasteiger charge is -2.42. The lowest BCUT2D eigenvalue weighted by Crippen LogP contribution is -2.57. The molecule has 3 atom stereocenters. The van der Waals surface area contributed by atoms with E-state index < -0.39 is 10.2 Å². The number of amides is 1. The molecule has 2 N–H and O–H groups in total. The van der Waals surface area contributed by atoms with Gasteiger partial charge in [-0.1, -0.05) is 5.16 Å². The third kappa shape index (κ3) is 3.79. The summed E-state index contributed by atoms with van der Waals surface area (Å²) < 4.78 is 35.4. The first kappa shape index (κ1) is 20.4. The molecule has 1 aliphatic carbocycles. The highest BCUT2D eigenvalue weighted by Crippen LogP contribution is 2.41. The van der Waals surface area contributed by atoms with Gasteiger partial charge in [-0.15, -0.1) is 0 Å². The molecule has 5 rings (SSSR count). The van der Waals surface area contributed by atoms with Crippen molar-refractivity contribution in [3.63, 3.8) is 0 Å². The van der Waals surface area contributed by atoms with Gasteiger partial charge in [-0.05, 0) is 58.4 Å². The Morgan fingerprint density at radius 2 is 1.73 bits per heavy atom. The molecule has 166 valence electrons. The van der Waals surface area contributed by atoms with Crippen molar-refractivity contribution < 1.29 is 17.7 Å². The van der Waals surface area contributed by atoms with Crippen molar-refractivity contribution in [2.75, 3.05) is 20.1 Å². The van der Waals surface area contributed by atoms with Crippen LogP contribution in [0.4, 0.5) is 0 Å². The molecular formula is C20H31N5O4S. The molecule has 1 aromatic heterocycles. The second kappa shape index (κ2) is 7.89. The van der Waals surface area contributed by atoms with Crippen molar-refractivity contribution in [2.24, 2.45) is 0 Å². The van der Waals surface area contributed by atoms with E-state index in [1.165, 1.54) is 0 Å². The average Bonchev–Trinajstić information content (AvgIpc) is 3.40. The molecule has 1 amide bonds. The molecule has 1 saturated carbocycles. The van der Waals surface area contributed by atoms with Gasteiger partial charge in [-0.3, -0.25) is 4.79 Å². The highest BCUT2D eigenvalue weighted by Gasteiger charge is 2.49. The topological polar surface area (TPSA) is 108 Å². The lowest BCUT2D eigenvalue weighted by molar-refractivity contribution is 0.0897. The van der Waals surface area contributed by atoms with Crippen molar-refractivity contribution in [1.29, 1.82) is 0 Å². The Labute approximate surface area is 177 Å². The van der Waals surface area contributed by atoms with Crippen LogP contribution >= 0.6 is 0 Å². The number of hydrogen-bond donors (Lipinski definition) is 2. The van der Waals surface area contributed by atoms with E-state index in [9.17, 15) is 13.2 Å². The normalized spacial score (nSPS) is 31.2. The van der Waals surface area contributed by atoms with E-state index in [-0.39, 0.29) is 24.0 Å². The molecule has 3 aliphatic heterocycles. The van der Waals surface area contributed by atoms with Gasteiger partial charge >= 0.3 is 0 Å². The Kier molecular flexibility index (Phi) is 5.37. The second-order valence-electron chi connectivity index (χ2n) is 9.22. The minimum Gasteiger partial charge on any atom is -0.360 e. The Balaban J connectivity index is 1.21. The van der Waals surface area contributed by atoms with Crippen LogP contribution in [0.3, 0.4) is 0 Å². The first-order valence-electron chi connectivity index (χ1n) is 11.2. The number of carbonyl (C=O) groups is 1. The largest absolute Gasteiger partial charge is 0.360 e. The zero-order chi connectivity index (χ0) is 20.9. The quantitative estimate of drug-likeness (QED) is 0.693. The summed E-state index contributed by atoms with van der Waals surface area (Å²) in [6.45, 7) is 1.14. The SMILES string of the molecule is CNC1CCN(S(=O)(=O)N2[C@@H]3CC[C@H]2C[C@@H](NC(=O)c2cc(C4CC4)on2)C3)CC1. The van der Waals surface area contributed by atoms with E-state index in [1.54, 1.807) is 14.7 Å². The summed E-state index contributed by atoms with van der Waals surface area (Å²) in [4.78, 5) is 12.6. The number of aromatic nitrogens is 1. The van der Waals surface area contributed by atoms with Gasteiger partial charge in [0.05, 0.1) is 0 Å². The summed E-state index contributed by atoms with van der Waals surface area (Å²) in [6.07, 6.45) is 6.91. The van der Waals surface area contributed by atoms with Gasteiger partial charge in [0, 0.05) is 49.2 Å². The van der Waals surface area contributed by atoms with Crippen molar-refractivity contribution in [3.8, 4) is 0 Å². The predicted octanol–water partition coefficient (Wildman–Crippen LogP) is 1.21. The molecule has 2 bridgehead atoms. The minimum atomic E-state index is -3.46. The summed E-state index contributed by atoms with van der Waals surface area (Å²) in [5, 5.41) is 10.2. The van der Waals surface area contributed by atoms with Crippen molar-refractivity contribution in [3.05, 3.63) is 17.5 Å². The summed E-state index contributed by atoms with van der Waals surface area (Å²) in [6, 6.07) is 2.03. The lowest BCUT2D eigenvalue weighted by atomic mass is 9.99. The van der Waals surface area contributed by atoms with Crippen LogP contribution in [0.5, 0.6) is 0 Å². The van der Waals surface area contributed by atoms with Gasteiger partial charge in [0.2, 0.25) is 0 Å². The van der Waals surface area contributed by atoms with Crippen molar-refractivity contribution in [2.45, 2.75) is 81.5 Å². The third-order valence-corrected chi connectivity index (χ3v) is 9.34. The Morgan fingerprint density at radius 1 is 1.07 bits per heavy atom. The monoisotopic (exact) mass is 437 g/mol. The van der Waals surface area contributed by atoms with Crippen LogP contribution < -0.4 is 10.6 Å². The van der Waals surface area contributed by atoms with Gasteiger partial charge in [-0.2, -0.15) is 17.0 Å². The number of hydrogen-bond acceptors (Lipinski definition) is 6. The molecule has 4 heterocycles. The van der Waals surface area contributed by atoms with Gasteiger partial charge in [0.25, 0.3) is 16.1 Å². The highest BCUT2D eigenvalue weighted by atomic mass is 32.2. The van der Waals surface area contributed by atoms with E-state index in [2.05, 4.69) is 15.8 Å². The maximum Gasteiger partial charge on any atom is 0.282 e. The second-order valence-corrected chi connectivity index (χ2v) is 11.0. The van der Waals surface area contributed by atoms with Crippen LogP contribution in [0.2, 0.25) is 0 Å². The smallest absolute Gasteiger partial charge is 0.282 e. The van der Waals surface area contributed by atoms with Crippen LogP contribution in [0.15, 0.2) is 10.6 Å². The molecule has 30 heavy (non-hydrogen) atoms. The maximum atomic E-state index is 13.3. The zero-order valence-corrected chi connectivity index (χ0v) is 18.2. The highest BCUT2D eigenvalue weighted by molar-refractivity contribution is 7.86. The fourth-order valence-electron chi connectivity index (χ4n) is 5.35. The molecule has 10 heteroatoms. The fourth-order valence-corrected chi connectivity index (χ4v) is 7.43. The van der Waals surface area contributed by atoms with Crippen molar-refractivity contribution >= 4 is 16.1 Å². The van der Waals surface area contributed by atoms with E-state index in [1.807, 2.05) is 7.05 Å². The van der Waals surface area contributed by atoms with E-state index in [4.69, 9.17) is 4.52 Å². The maximum absolute atomic E-state index is 13.3. The van der Waals surface area contributed by atoms with Crippen molar-refractivity contribution in [1.82, 2.24) is 24.4 Å². The molecule has 0 spiro atoms. The van der Waals surface area contributed by atoms with E-state index >= 15 is 0 Å². The van der Waals surface area contributed by atoms with Crippen LogP contribution in [0.25, 0.3) is 0 Å². The molecule has 1 aromatic rings. The average molecular weight is 438 g/mol. The first-order valence-corrected chi connectivity index (χ1v) is 12.6. The number of piperidine rings is 2. The van der Waals surface area contributed by atoms with Gasteiger partial charge in [0.1, 0.15) is 5.76 Å². The standard InChI is InChI=1S/C20H31N5O4S/c1-21-14-6-8-24(9-7-14)30(27,28)25-16-4-5-17(25)11-15(10-16)22-20(26)18-12-19(29-23-18)13-2-3-13/h12-17,21H,2-11H2,1H3,(H,22,26)/t15-,16+,17-. The van der Waals surface area contributed by atoms with Gasteiger partial charge in [-0.25, -0.2) is 0 Å². The molecular weight excluding hydrogens is 406 g/mol. The Bertz CT molecular complexity index is 877. The van der Waals surface area contributed by atoms with Crippen LogP contribution in [0.1, 0.15) is 73.5 Å². The summed E-state index contributed by atoms with van der Waals surface area (Å²) >= 11 is 0. The molecule has 4 aliphatic rings.